The summed E-state index contributed by atoms with van der Waals surface area (Å²) in [6.45, 7) is 0.839. The third kappa shape index (κ3) is 3.44. The van der Waals surface area contributed by atoms with Crippen LogP contribution in [0.15, 0.2) is 34.0 Å². The van der Waals surface area contributed by atoms with Gasteiger partial charge < -0.3 is 14.8 Å². The first kappa shape index (κ1) is 19.0. The number of carbonyl (C=O) groups is 1. The van der Waals surface area contributed by atoms with E-state index >= 15 is 0 Å². The number of halogens is 1. The minimum absolute atomic E-state index is 0.0414. The third-order valence-corrected chi connectivity index (χ3v) is 4.88. The number of nitrogens with zero attached hydrogens (tertiary/aromatic N) is 3. The molecule has 150 valence electrons. The number of aryl methyl sites for hydroxylation is 1. The van der Waals surface area contributed by atoms with E-state index in [4.69, 9.17) is 21.1 Å². The van der Waals surface area contributed by atoms with Gasteiger partial charge >= 0.3 is 5.69 Å². The van der Waals surface area contributed by atoms with E-state index in [1.807, 2.05) is 0 Å². The first-order valence-corrected chi connectivity index (χ1v) is 9.16. The lowest BCUT2D eigenvalue weighted by Crippen LogP contribution is -2.37. The van der Waals surface area contributed by atoms with Crippen molar-refractivity contribution in [2.24, 2.45) is 14.1 Å². The van der Waals surface area contributed by atoms with Gasteiger partial charge in [0.05, 0.1) is 28.7 Å². The molecule has 0 spiro atoms. The molecular formula is C19H17ClN4O5. The molecule has 1 amide bonds. The van der Waals surface area contributed by atoms with Gasteiger partial charge in [-0.2, -0.15) is 0 Å². The summed E-state index contributed by atoms with van der Waals surface area (Å²) >= 11 is 6.20. The number of nitrogens with one attached hydrogen (secondary N) is 1. The van der Waals surface area contributed by atoms with Crippen molar-refractivity contribution in [1.29, 1.82) is 0 Å². The molecule has 0 atom stereocenters. The van der Waals surface area contributed by atoms with Crippen molar-refractivity contribution in [2.75, 3.05) is 18.5 Å². The van der Waals surface area contributed by atoms with Crippen LogP contribution in [-0.4, -0.2) is 33.2 Å². The Morgan fingerprint density at radius 2 is 1.93 bits per heavy atom. The monoisotopic (exact) mass is 416 g/mol. The number of fused-ring (bicyclic) bond motifs is 2. The molecule has 3 heterocycles. The minimum Gasteiger partial charge on any atom is -0.486 e. The van der Waals surface area contributed by atoms with Crippen LogP contribution in [0.2, 0.25) is 5.02 Å². The summed E-state index contributed by atoms with van der Waals surface area (Å²) in [5.41, 5.74) is 0.299. The second kappa shape index (κ2) is 7.25. The number of hydrogen-bond acceptors (Lipinski definition) is 6. The summed E-state index contributed by atoms with van der Waals surface area (Å²) in [6, 6.07) is 4.86. The second-order valence-electron chi connectivity index (χ2n) is 6.63. The number of hydrogen-bond donors (Lipinski definition) is 1. The van der Waals surface area contributed by atoms with E-state index in [1.165, 1.54) is 30.9 Å². The van der Waals surface area contributed by atoms with Crippen LogP contribution in [0.3, 0.4) is 0 Å². The molecule has 0 aliphatic carbocycles. The topological polar surface area (TPSA) is 104 Å². The number of ether oxygens (including phenoxy) is 2. The lowest BCUT2D eigenvalue weighted by Gasteiger charge is -2.20. The van der Waals surface area contributed by atoms with Crippen molar-refractivity contribution in [3.05, 3.63) is 55.8 Å². The molecule has 9 nitrogen and oxygen atoms in total. The van der Waals surface area contributed by atoms with Crippen molar-refractivity contribution in [3.8, 4) is 11.5 Å². The van der Waals surface area contributed by atoms with Gasteiger partial charge in [0, 0.05) is 14.1 Å². The molecule has 10 heteroatoms. The van der Waals surface area contributed by atoms with Crippen LogP contribution in [0.25, 0.3) is 11.0 Å². The van der Waals surface area contributed by atoms with Crippen LogP contribution in [0, 0.1) is 0 Å². The number of anilines is 1. The summed E-state index contributed by atoms with van der Waals surface area (Å²) in [5, 5.41) is 3.32. The van der Waals surface area contributed by atoms with Crippen LogP contribution in [0.1, 0.15) is 5.56 Å². The number of carbonyl (C=O) groups excluding carboxylic acids is 1. The summed E-state index contributed by atoms with van der Waals surface area (Å²) in [6.07, 6.45) is 1.44. The molecule has 1 N–H and O–H groups in total. The molecular weight excluding hydrogens is 400 g/mol. The maximum atomic E-state index is 12.5. The van der Waals surface area contributed by atoms with Crippen molar-refractivity contribution in [1.82, 2.24) is 14.1 Å². The van der Waals surface area contributed by atoms with Gasteiger partial charge in [0.2, 0.25) is 5.91 Å². The fourth-order valence-electron chi connectivity index (χ4n) is 3.19. The van der Waals surface area contributed by atoms with Gasteiger partial charge in [-0.05, 0) is 23.8 Å². The van der Waals surface area contributed by atoms with Crippen molar-refractivity contribution in [3.63, 3.8) is 0 Å². The van der Waals surface area contributed by atoms with Gasteiger partial charge in [-0.3, -0.25) is 18.7 Å². The highest BCUT2D eigenvalue weighted by molar-refractivity contribution is 6.32. The number of rotatable bonds is 3. The largest absolute Gasteiger partial charge is 0.486 e. The predicted octanol–water partition coefficient (Wildman–Crippen LogP) is 1.24. The molecule has 0 saturated heterocycles. The van der Waals surface area contributed by atoms with E-state index in [2.05, 4.69) is 10.3 Å². The second-order valence-corrected chi connectivity index (χ2v) is 7.03. The maximum absolute atomic E-state index is 12.5. The van der Waals surface area contributed by atoms with E-state index in [0.717, 1.165) is 4.57 Å². The smallest absolute Gasteiger partial charge is 0.332 e. The summed E-state index contributed by atoms with van der Waals surface area (Å²) in [4.78, 5) is 41.0. The fraction of sp³-hybridized carbons (Fsp3) is 0.263. The average molecular weight is 417 g/mol. The number of amides is 1. The molecule has 1 aliphatic heterocycles. The molecule has 0 bridgehead atoms. The molecule has 0 saturated carbocycles. The molecule has 2 aromatic heterocycles. The van der Waals surface area contributed by atoms with Crippen LogP contribution >= 0.6 is 11.6 Å². The van der Waals surface area contributed by atoms with Gasteiger partial charge in [0.1, 0.15) is 18.9 Å². The highest BCUT2D eigenvalue weighted by atomic mass is 35.5. The van der Waals surface area contributed by atoms with Gasteiger partial charge in [-0.1, -0.05) is 11.6 Å². The Hall–Kier alpha value is -3.33. The van der Waals surface area contributed by atoms with E-state index in [0.29, 0.717) is 41.0 Å². The molecule has 3 aromatic rings. The van der Waals surface area contributed by atoms with Gasteiger partial charge in [0.25, 0.3) is 5.56 Å². The Kier molecular flexibility index (Phi) is 4.75. The lowest BCUT2D eigenvalue weighted by molar-refractivity contribution is -0.115. The maximum Gasteiger partial charge on any atom is 0.332 e. The molecule has 1 aromatic carbocycles. The summed E-state index contributed by atoms with van der Waals surface area (Å²) in [7, 11) is 2.92. The highest BCUT2D eigenvalue weighted by Gasteiger charge is 2.18. The van der Waals surface area contributed by atoms with Crippen LogP contribution in [0.4, 0.5) is 5.69 Å². The van der Waals surface area contributed by atoms with Crippen LogP contribution < -0.4 is 26.0 Å². The molecule has 0 radical (unpaired) electrons. The van der Waals surface area contributed by atoms with Crippen molar-refractivity contribution >= 4 is 34.2 Å². The van der Waals surface area contributed by atoms with Gasteiger partial charge in [-0.25, -0.2) is 9.78 Å². The molecule has 1 aliphatic rings. The molecule has 0 fully saturated rings. The van der Waals surface area contributed by atoms with Crippen molar-refractivity contribution < 1.29 is 14.3 Å². The highest BCUT2D eigenvalue weighted by Crippen LogP contribution is 2.38. The SMILES string of the molecule is Cn1c(=O)c2cc(NC(=O)Cc3cc(Cl)c4c(c3)OCCO4)cnc2n(C)c1=O. The number of benzene rings is 1. The van der Waals surface area contributed by atoms with Gasteiger partial charge in [0.15, 0.2) is 11.5 Å². The first-order valence-electron chi connectivity index (χ1n) is 8.79. The summed E-state index contributed by atoms with van der Waals surface area (Å²) < 4.78 is 13.3. The lowest BCUT2D eigenvalue weighted by atomic mass is 10.1. The molecule has 4 rings (SSSR count). The third-order valence-electron chi connectivity index (χ3n) is 4.60. The Balaban J connectivity index is 1.59. The van der Waals surface area contributed by atoms with Crippen molar-refractivity contribution in [2.45, 2.75) is 6.42 Å². The van der Waals surface area contributed by atoms with Crippen LogP contribution in [-0.2, 0) is 25.3 Å². The Bertz CT molecular complexity index is 1260. The Morgan fingerprint density at radius 3 is 2.72 bits per heavy atom. The minimum atomic E-state index is -0.481. The van der Waals surface area contributed by atoms with E-state index < -0.39 is 11.2 Å². The quantitative estimate of drug-likeness (QED) is 0.688. The zero-order chi connectivity index (χ0) is 20.7. The number of pyridine rings is 1. The fourth-order valence-corrected chi connectivity index (χ4v) is 3.48. The number of aromatic nitrogens is 3. The normalized spacial score (nSPS) is 12.8. The zero-order valence-electron chi connectivity index (χ0n) is 15.7. The summed E-state index contributed by atoms with van der Waals surface area (Å²) in [5.74, 6) is 0.658. The molecule has 29 heavy (non-hydrogen) atoms. The molecule has 0 unspecified atom stereocenters. The predicted molar refractivity (Wildman–Crippen MR) is 107 cm³/mol. The standard InChI is InChI=1S/C19H17ClN4O5/c1-23-17-12(18(26)24(2)19(23)27)8-11(9-21-17)22-15(25)7-10-5-13(20)16-14(6-10)28-3-4-29-16/h5-6,8-9H,3-4,7H2,1-2H3,(H,22,25). The van der Waals surface area contributed by atoms with Crippen LogP contribution in [0.5, 0.6) is 11.5 Å². The average Bonchev–Trinajstić information content (AvgIpc) is 2.70. The van der Waals surface area contributed by atoms with E-state index in [9.17, 15) is 14.4 Å². The Morgan fingerprint density at radius 1 is 1.17 bits per heavy atom. The zero-order valence-corrected chi connectivity index (χ0v) is 16.4. The first-order chi connectivity index (χ1) is 13.8. The van der Waals surface area contributed by atoms with Gasteiger partial charge in [-0.15, -0.1) is 0 Å². The van der Waals surface area contributed by atoms with E-state index in [-0.39, 0.29) is 23.4 Å². The van der Waals surface area contributed by atoms with E-state index in [1.54, 1.807) is 12.1 Å². The Labute approximate surface area is 169 Å².